The third-order valence-electron chi connectivity index (χ3n) is 2.11. The van der Waals surface area contributed by atoms with Gasteiger partial charge >= 0.3 is 0 Å². The van der Waals surface area contributed by atoms with Gasteiger partial charge in [-0.05, 0) is 30.5 Å². The van der Waals surface area contributed by atoms with Crippen molar-refractivity contribution in [1.29, 1.82) is 0 Å². The number of halogens is 1. The Bertz CT molecular complexity index is 637. The van der Waals surface area contributed by atoms with Crippen molar-refractivity contribution in [2.75, 3.05) is 6.26 Å². The van der Waals surface area contributed by atoms with E-state index in [1.807, 2.05) is 0 Å². The summed E-state index contributed by atoms with van der Waals surface area (Å²) in [6.07, 6.45) is 1.74. The van der Waals surface area contributed by atoms with Crippen LogP contribution in [-0.4, -0.2) is 24.9 Å². The first-order chi connectivity index (χ1) is 8.51. The highest BCUT2D eigenvalue weighted by Gasteiger charge is 2.19. The van der Waals surface area contributed by atoms with Gasteiger partial charge in [0.1, 0.15) is 11.6 Å². The number of sulfone groups is 1. The van der Waals surface area contributed by atoms with Crippen molar-refractivity contribution >= 4 is 21.6 Å². The average molecular weight is 288 g/mol. The summed E-state index contributed by atoms with van der Waals surface area (Å²) in [5.41, 5.74) is 0. The second kappa shape index (κ2) is 5.07. The Morgan fingerprint density at radius 1 is 1.28 bits per heavy atom. The monoisotopic (exact) mass is 288 g/mol. The molecule has 2 rings (SSSR count). The summed E-state index contributed by atoms with van der Waals surface area (Å²) in [7, 11) is -3.60. The molecular weight excluding hydrogens is 279 g/mol. The van der Waals surface area contributed by atoms with Crippen molar-refractivity contribution in [3.8, 4) is 0 Å². The van der Waals surface area contributed by atoms with Crippen molar-refractivity contribution < 1.29 is 17.2 Å². The first-order valence-electron chi connectivity index (χ1n) is 4.86. The maximum atomic E-state index is 12.7. The maximum Gasteiger partial charge on any atom is 0.276 e. The molecule has 0 aliphatic rings. The molecule has 0 N–H and O–H groups in total. The summed E-state index contributed by atoms with van der Waals surface area (Å²) in [5, 5.41) is 7.58. The Morgan fingerprint density at radius 3 is 2.50 bits per heavy atom. The van der Waals surface area contributed by atoms with Gasteiger partial charge in [-0.3, -0.25) is 0 Å². The van der Waals surface area contributed by atoms with E-state index in [0.29, 0.717) is 5.22 Å². The lowest BCUT2D eigenvalue weighted by Crippen LogP contribution is -2.05. The standard InChI is InChI=1S/C10H9FN2O3S2/c1-17-10-13-12-9(16-10)6-18(14,15)8-4-2-7(11)3-5-8/h2-5H,6H2,1H3. The second-order valence-corrected chi connectivity index (χ2v) is 6.13. The molecule has 1 heterocycles. The van der Waals surface area contributed by atoms with Crippen LogP contribution in [0.3, 0.4) is 0 Å². The molecule has 0 amide bonds. The lowest BCUT2D eigenvalue weighted by atomic mass is 10.4. The van der Waals surface area contributed by atoms with Crippen LogP contribution in [0.25, 0.3) is 0 Å². The molecule has 18 heavy (non-hydrogen) atoms. The third-order valence-corrected chi connectivity index (χ3v) is 4.24. The van der Waals surface area contributed by atoms with Gasteiger partial charge in [0.25, 0.3) is 5.22 Å². The predicted octanol–water partition coefficient (Wildman–Crippen LogP) is 1.90. The first kappa shape index (κ1) is 13.0. The minimum atomic E-state index is -3.60. The Labute approximate surface area is 107 Å². The highest BCUT2D eigenvalue weighted by atomic mass is 32.2. The lowest BCUT2D eigenvalue weighted by molar-refractivity contribution is 0.424. The number of nitrogens with zero attached hydrogens (tertiary/aromatic N) is 2. The van der Waals surface area contributed by atoms with Crippen molar-refractivity contribution in [2.24, 2.45) is 0 Å². The van der Waals surface area contributed by atoms with Crippen molar-refractivity contribution in [2.45, 2.75) is 15.9 Å². The fraction of sp³-hybridized carbons (Fsp3) is 0.200. The van der Waals surface area contributed by atoms with Gasteiger partial charge in [0, 0.05) is 0 Å². The van der Waals surface area contributed by atoms with Gasteiger partial charge in [-0.15, -0.1) is 10.2 Å². The van der Waals surface area contributed by atoms with Crippen LogP contribution in [0.5, 0.6) is 0 Å². The van der Waals surface area contributed by atoms with E-state index in [1.54, 1.807) is 6.26 Å². The average Bonchev–Trinajstić information content (AvgIpc) is 2.76. The fourth-order valence-electron chi connectivity index (χ4n) is 1.27. The van der Waals surface area contributed by atoms with Crippen LogP contribution in [0.15, 0.2) is 38.8 Å². The number of hydrogen-bond acceptors (Lipinski definition) is 6. The lowest BCUT2D eigenvalue weighted by Gasteiger charge is -2.00. The van der Waals surface area contributed by atoms with Crippen LogP contribution in [-0.2, 0) is 15.6 Å². The van der Waals surface area contributed by atoms with Crippen molar-refractivity contribution in [3.05, 3.63) is 36.0 Å². The van der Waals surface area contributed by atoms with Crippen LogP contribution in [0.4, 0.5) is 4.39 Å². The highest BCUT2D eigenvalue weighted by Crippen LogP contribution is 2.18. The SMILES string of the molecule is CSc1nnc(CS(=O)(=O)c2ccc(F)cc2)o1. The quantitative estimate of drug-likeness (QED) is 0.632. The van der Waals surface area contributed by atoms with Gasteiger partial charge in [0.2, 0.25) is 5.89 Å². The third kappa shape index (κ3) is 2.88. The number of thioether (sulfide) groups is 1. The zero-order valence-corrected chi connectivity index (χ0v) is 11.0. The summed E-state index contributed by atoms with van der Waals surface area (Å²) in [6.45, 7) is 0. The van der Waals surface area contributed by atoms with Gasteiger partial charge in [0.15, 0.2) is 9.84 Å². The zero-order valence-electron chi connectivity index (χ0n) is 9.33. The van der Waals surface area contributed by atoms with Gasteiger partial charge in [-0.25, -0.2) is 12.8 Å². The van der Waals surface area contributed by atoms with Crippen molar-refractivity contribution in [3.63, 3.8) is 0 Å². The topological polar surface area (TPSA) is 73.1 Å². The normalized spacial score (nSPS) is 11.7. The highest BCUT2D eigenvalue weighted by molar-refractivity contribution is 7.98. The van der Waals surface area contributed by atoms with Crippen LogP contribution >= 0.6 is 11.8 Å². The number of hydrogen-bond donors (Lipinski definition) is 0. The van der Waals surface area contributed by atoms with Crippen LogP contribution in [0, 0.1) is 5.82 Å². The summed E-state index contributed by atoms with van der Waals surface area (Å²) in [6, 6.07) is 4.59. The molecule has 2 aromatic rings. The van der Waals surface area contributed by atoms with E-state index < -0.39 is 21.4 Å². The smallest absolute Gasteiger partial charge is 0.276 e. The summed E-state index contributed by atoms with van der Waals surface area (Å²) in [4.78, 5) is 0.0211. The van der Waals surface area contributed by atoms with E-state index in [-0.39, 0.29) is 10.8 Å². The Balaban J connectivity index is 2.24. The van der Waals surface area contributed by atoms with Gasteiger partial charge in [0.05, 0.1) is 4.90 Å². The summed E-state index contributed by atoms with van der Waals surface area (Å²) >= 11 is 1.23. The van der Waals surface area contributed by atoms with E-state index in [9.17, 15) is 12.8 Å². The minimum absolute atomic E-state index is 0.0173. The molecule has 5 nitrogen and oxygen atoms in total. The van der Waals surface area contributed by atoms with E-state index in [1.165, 1.54) is 23.9 Å². The van der Waals surface area contributed by atoms with Gasteiger partial charge < -0.3 is 4.42 Å². The van der Waals surface area contributed by atoms with Crippen molar-refractivity contribution in [1.82, 2.24) is 10.2 Å². The van der Waals surface area contributed by atoms with Gasteiger partial charge in [-0.1, -0.05) is 11.8 Å². The first-order valence-corrected chi connectivity index (χ1v) is 7.73. The van der Waals surface area contributed by atoms with E-state index >= 15 is 0 Å². The van der Waals surface area contributed by atoms with E-state index in [4.69, 9.17) is 4.42 Å². The Kier molecular flexibility index (Phi) is 3.67. The summed E-state index contributed by atoms with van der Waals surface area (Å²) < 4.78 is 41.7. The molecule has 8 heteroatoms. The molecule has 0 aliphatic carbocycles. The number of aromatic nitrogens is 2. The van der Waals surface area contributed by atoms with E-state index in [0.717, 1.165) is 12.1 Å². The number of rotatable bonds is 4. The largest absolute Gasteiger partial charge is 0.415 e. The number of benzene rings is 1. The molecule has 0 spiro atoms. The zero-order chi connectivity index (χ0) is 13.2. The van der Waals surface area contributed by atoms with Crippen LogP contribution < -0.4 is 0 Å². The molecule has 0 aliphatic heterocycles. The van der Waals surface area contributed by atoms with E-state index in [2.05, 4.69) is 10.2 Å². The molecule has 0 saturated carbocycles. The molecule has 0 atom stereocenters. The molecule has 0 bridgehead atoms. The molecular formula is C10H9FN2O3S2. The molecule has 0 radical (unpaired) electrons. The molecule has 0 unspecified atom stereocenters. The molecule has 1 aromatic heterocycles. The summed E-state index contributed by atoms with van der Waals surface area (Å²) in [5.74, 6) is -0.869. The molecule has 0 fully saturated rings. The second-order valence-electron chi connectivity index (χ2n) is 3.38. The van der Waals surface area contributed by atoms with Crippen LogP contribution in [0.1, 0.15) is 5.89 Å². The molecule has 0 saturated heterocycles. The molecule has 1 aromatic carbocycles. The minimum Gasteiger partial charge on any atom is -0.415 e. The maximum absolute atomic E-state index is 12.7. The Morgan fingerprint density at radius 2 is 1.94 bits per heavy atom. The van der Waals surface area contributed by atoms with Crippen LogP contribution in [0.2, 0.25) is 0 Å². The predicted molar refractivity (Wildman–Crippen MR) is 63.4 cm³/mol. The fourth-order valence-corrected chi connectivity index (χ4v) is 2.73. The molecule has 96 valence electrons. The Hall–Kier alpha value is -1.41. The van der Waals surface area contributed by atoms with Gasteiger partial charge in [-0.2, -0.15) is 0 Å².